The van der Waals surface area contributed by atoms with Gasteiger partial charge < -0.3 is 34.6 Å². The summed E-state index contributed by atoms with van der Waals surface area (Å²) >= 11 is 6.82. The van der Waals surface area contributed by atoms with Crippen molar-refractivity contribution >= 4 is 17.4 Å². The zero-order chi connectivity index (χ0) is 26.9. The summed E-state index contributed by atoms with van der Waals surface area (Å²) in [6.07, 6.45) is -2.94. The molecule has 12 atom stereocenters. The van der Waals surface area contributed by atoms with Crippen LogP contribution in [0.3, 0.4) is 0 Å². The number of benzene rings is 1. The first-order valence-electron chi connectivity index (χ1n) is 12.7. The van der Waals surface area contributed by atoms with Crippen molar-refractivity contribution in [2.24, 2.45) is 23.7 Å². The van der Waals surface area contributed by atoms with E-state index in [1.54, 1.807) is 25.1 Å². The van der Waals surface area contributed by atoms with Crippen LogP contribution in [0.15, 0.2) is 54.1 Å². The molecule has 6 rings (SSSR count). The van der Waals surface area contributed by atoms with Crippen molar-refractivity contribution in [3.8, 4) is 0 Å². The van der Waals surface area contributed by atoms with E-state index >= 15 is 0 Å². The second-order valence-electron chi connectivity index (χ2n) is 11.6. The maximum atomic E-state index is 13.5. The number of carbonyl (C=O) groups excluding carboxylic acids is 1. The van der Waals surface area contributed by atoms with Gasteiger partial charge >= 0.3 is 5.97 Å². The summed E-state index contributed by atoms with van der Waals surface area (Å²) < 4.78 is 20.4. The molecule has 9 heteroatoms. The van der Waals surface area contributed by atoms with Gasteiger partial charge in [0.1, 0.15) is 22.7 Å². The highest BCUT2D eigenvalue weighted by Crippen LogP contribution is 2.72. The van der Waals surface area contributed by atoms with Gasteiger partial charge in [-0.2, -0.15) is 0 Å². The van der Waals surface area contributed by atoms with E-state index in [4.69, 9.17) is 25.8 Å². The number of aliphatic hydroxyl groups excluding tert-OH is 3. The number of ether oxygens (including phenoxy) is 3. The average Bonchev–Trinajstić information content (AvgIpc) is 3.28. The molecule has 5 aliphatic rings. The maximum Gasteiger partial charge on any atom is 0.313 e. The lowest BCUT2D eigenvalue weighted by atomic mass is 9.50. The van der Waals surface area contributed by atoms with Crippen molar-refractivity contribution in [1.82, 2.24) is 0 Å². The van der Waals surface area contributed by atoms with Crippen molar-refractivity contribution < 1.29 is 39.4 Å². The molecule has 0 spiro atoms. The number of Topliss-reactive ketones (excluding diaryl/α,β-unsaturated/α-hetero) is 1. The molecule has 0 aromatic heterocycles. The third-order valence-corrected chi connectivity index (χ3v) is 10.7. The van der Waals surface area contributed by atoms with Gasteiger partial charge in [0, 0.05) is 17.4 Å². The number of aliphatic hydroxyl groups is 4. The molecular weight excluding hydrogens is 500 g/mol. The Labute approximate surface area is 220 Å². The number of fused-ring (bicyclic) bond motifs is 2. The molecule has 4 N–H and O–H groups in total. The van der Waals surface area contributed by atoms with Gasteiger partial charge in [-0.25, -0.2) is 0 Å². The lowest BCUT2D eigenvalue weighted by molar-refractivity contribution is -0.442. The number of alkyl halides is 1. The Bertz CT molecular complexity index is 1220. The van der Waals surface area contributed by atoms with Crippen LogP contribution in [0.1, 0.15) is 33.3 Å². The van der Waals surface area contributed by atoms with E-state index in [0.29, 0.717) is 11.1 Å². The molecule has 0 radical (unpaired) electrons. The number of halogens is 1. The van der Waals surface area contributed by atoms with Gasteiger partial charge in [-0.3, -0.25) is 4.79 Å². The monoisotopic (exact) mass is 532 g/mol. The third-order valence-electron chi connectivity index (χ3n) is 10.1. The highest BCUT2D eigenvalue weighted by atomic mass is 35.5. The number of ketones is 1. The van der Waals surface area contributed by atoms with Gasteiger partial charge in [0.15, 0.2) is 11.4 Å². The predicted octanol–water partition coefficient (Wildman–Crippen LogP) is 1.78. The topological polar surface area (TPSA) is 126 Å². The largest absolute Gasteiger partial charge is 0.394 e. The van der Waals surface area contributed by atoms with Crippen molar-refractivity contribution in [2.45, 2.75) is 73.7 Å². The highest BCUT2D eigenvalue weighted by molar-refractivity contribution is 6.25. The van der Waals surface area contributed by atoms with E-state index < -0.39 is 76.1 Å². The normalized spacial score (nSPS) is 53.9. The lowest BCUT2D eigenvalue weighted by Gasteiger charge is -2.62. The average molecular weight is 533 g/mol. The van der Waals surface area contributed by atoms with Crippen molar-refractivity contribution in [3.05, 3.63) is 59.7 Å². The third kappa shape index (κ3) is 2.57. The summed E-state index contributed by atoms with van der Waals surface area (Å²) in [4.78, 5) is 11.3. The Morgan fingerprint density at radius 1 is 1.14 bits per heavy atom. The van der Waals surface area contributed by atoms with Crippen LogP contribution in [-0.2, 0) is 25.0 Å². The molecule has 2 saturated carbocycles. The van der Waals surface area contributed by atoms with Crippen LogP contribution in [-0.4, -0.2) is 72.8 Å². The zero-order valence-electron chi connectivity index (χ0n) is 21.2. The first-order valence-corrected chi connectivity index (χ1v) is 13.1. The van der Waals surface area contributed by atoms with Gasteiger partial charge in [-0.05, 0) is 36.8 Å². The lowest BCUT2D eigenvalue weighted by Crippen LogP contribution is -2.74. The molecule has 3 bridgehead atoms. The van der Waals surface area contributed by atoms with Crippen molar-refractivity contribution in [3.63, 3.8) is 0 Å². The molecule has 8 nitrogen and oxygen atoms in total. The van der Waals surface area contributed by atoms with Gasteiger partial charge in [0.25, 0.3) is 0 Å². The van der Waals surface area contributed by atoms with Gasteiger partial charge in [-0.15, -0.1) is 11.6 Å². The minimum atomic E-state index is -2.46. The number of hydrogen-bond acceptors (Lipinski definition) is 8. The minimum absolute atomic E-state index is 0.238. The fourth-order valence-electron chi connectivity index (χ4n) is 8.19. The molecule has 3 aliphatic carbocycles. The van der Waals surface area contributed by atoms with Gasteiger partial charge in [-0.1, -0.05) is 56.8 Å². The van der Waals surface area contributed by atoms with E-state index in [0.717, 1.165) is 0 Å². The molecule has 4 fully saturated rings. The molecule has 0 amide bonds. The molecule has 2 aliphatic heterocycles. The summed E-state index contributed by atoms with van der Waals surface area (Å²) in [7, 11) is 0. The quantitative estimate of drug-likeness (QED) is 0.343. The van der Waals surface area contributed by atoms with Crippen LogP contribution in [0.25, 0.3) is 0 Å². The van der Waals surface area contributed by atoms with E-state index in [1.807, 2.05) is 39.0 Å². The summed E-state index contributed by atoms with van der Waals surface area (Å²) in [5.41, 5.74) is -3.63. The second-order valence-corrected chi connectivity index (χ2v) is 12.3. The second kappa shape index (κ2) is 7.52. The molecule has 1 aromatic rings. The van der Waals surface area contributed by atoms with Crippen LogP contribution in [0.4, 0.5) is 0 Å². The number of carbonyl (C=O) groups is 1. The molecule has 1 unspecified atom stereocenters. The molecule has 1 aromatic carbocycles. The maximum absolute atomic E-state index is 13.5. The Morgan fingerprint density at radius 2 is 1.78 bits per heavy atom. The SMILES string of the molecule is C=C(C)[C@@]12OC3(c4ccccc4)O[C@@H]1[C@@H]1[C@H](O)[C@](Cl)(CO)[C@@H](O)[C@]4(O)C(=O)C(C)=C[C@H]4[C@@]1(O3)[C@H](C)[C@H]2C. The van der Waals surface area contributed by atoms with E-state index in [-0.39, 0.29) is 11.5 Å². The standard InChI is InChI=1S/C28H33ClO8/c1-13(2)26-15(4)16(5)27-18-11-14(3)20(31)25(18,34)23(33)24(29,12-30)21(32)19(27)22(26)35-28(36-26,37-27)17-9-7-6-8-10-17/h6-11,15-16,18-19,21-23,30,32-34H,1,12H2,2-5H3/t15-,16-,18-,19+,21+,22-,23-,24-,25-,26+,27+,28?/m1/s1. The summed E-state index contributed by atoms with van der Waals surface area (Å²) in [5, 5.41) is 46.0. The van der Waals surface area contributed by atoms with Crippen molar-refractivity contribution in [1.29, 1.82) is 0 Å². The molecule has 37 heavy (non-hydrogen) atoms. The zero-order valence-corrected chi connectivity index (χ0v) is 22.0. The van der Waals surface area contributed by atoms with Gasteiger partial charge in [0.2, 0.25) is 0 Å². The van der Waals surface area contributed by atoms with E-state index in [9.17, 15) is 25.2 Å². The summed E-state index contributed by atoms with van der Waals surface area (Å²) in [5.74, 6) is -5.36. The molecular formula is C28H33ClO8. The Balaban J connectivity index is 1.72. The van der Waals surface area contributed by atoms with Crippen LogP contribution in [0, 0.1) is 23.7 Å². The first-order chi connectivity index (χ1) is 17.3. The van der Waals surface area contributed by atoms with Crippen LogP contribution in [0.2, 0.25) is 0 Å². The Kier molecular flexibility index (Phi) is 5.21. The first kappa shape index (κ1) is 25.6. The molecule has 2 heterocycles. The number of hydrogen-bond donors (Lipinski definition) is 4. The minimum Gasteiger partial charge on any atom is -0.394 e. The van der Waals surface area contributed by atoms with E-state index in [1.165, 1.54) is 0 Å². The van der Waals surface area contributed by atoms with E-state index in [2.05, 4.69) is 6.58 Å². The highest BCUT2D eigenvalue weighted by Gasteiger charge is 2.85. The van der Waals surface area contributed by atoms with Crippen LogP contribution in [0.5, 0.6) is 0 Å². The molecule has 2 saturated heterocycles. The predicted molar refractivity (Wildman–Crippen MR) is 132 cm³/mol. The summed E-state index contributed by atoms with van der Waals surface area (Å²) in [6, 6.07) is 9.09. The fourth-order valence-corrected chi connectivity index (χ4v) is 8.49. The Morgan fingerprint density at radius 3 is 2.38 bits per heavy atom. The summed E-state index contributed by atoms with van der Waals surface area (Å²) in [6.45, 7) is 10.6. The van der Waals surface area contributed by atoms with Gasteiger partial charge in [0.05, 0.1) is 18.3 Å². The number of rotatable bonds is 3. The Hall–Kier alpha value is -1.62. The smallest absolute Gasteiger partial charge is 0.313 e. The van der Waals surface area contributed by atoms with Crippen LogP contribution < -0.4 is 0 Å². The molecule has 200 valence electrons. The van der Waals surface area contributed by atoms with Crippen LogP contribution >= 0.6 is 11.6 Å². The fraction of sp³-hybridized carbons (Fsp3) is 0.607. The van der Waals surface area contributed by atoms with Crippen molar-refractivity contribution in [2.75, 3.05) is 6.61 Å².